The van der Waals surface area contributed by atoms with E-state index >= 15 is 0 Å². The van der Waals surface area contributed by atoms with Crippen molar-refractivity contribution in [2.24, 2.45) is 0 Å². The predicted octanol–water partition coefficient (Wildman–Crippen LogP) is 5.22. The molecule has 0 unspecified atom stereocenters. The molecule has 6 nitrogen and oxygen atoms in total. The molecule has 0 atom stereocenters. The van der Waals surface area contributed by atoms with Gasteiger partial charge in [0.15, 0.2) is 5.16 Å². The number of carbonyl (C=O) groups excluding carboxylic acids is 1. The number of anilines is 1. The SMILES string of the molecule is N#CCCN(C(=O)CSc1nc2ccccc2c(=O)n1-c1ccccc1Cl)c1ccc(F)cc1. The molecule has 1 heterocycles. The van der Waals surface area contributed by atoms with E-state index in [2.05, 4.69) is 4.98 Å². The van der Waals surface area contributed by atoms with Crippen LogP contribution in [0.5, 0.6) is 0 Å². The van der Waals surface area contributed by atoms with Crippen LogP contribution in [0.15, 0.2) is 82.7 Å². The lowest BCUT2D eigenvalue weighted by Crippen LogP contribution is -2.33. The second-order valence-electron chi connectivity index (χ2n) is 7.22. The van der Waals surface area contributed by atoms with Gasteiger partial charge in [-0.05, 0) is 48.5 Å². The van der Waals surface area contributed by atoms with Gasteiger partial charge in [0, 0.05) is 12.2 Å². The largest absolute Gasteiger partial charge is 0.311 e. The number of benzene rings is 3. The van der Waals surface area contributed by atoms with E-state index in [0.717, 1.165) is 11.8 Å². The zero-order valence-electron chi connectivity index (χ0n) is 17.8. The maximum atomic E-state index is 13.4. The Balaban J connectivity index is 1.71. The van der Waals surface area contributed by atoms with E-state index in [4.69, 9.17) is 16.9 Å². The average Bonchev–Trinajstić information content (AvgIpc) is 2.85. The zero-order chi connectivity index (χ0) is 24.1. The number of aromatic nitrogens is 2. The molecule has 0 bridgehead atoms. The number of carbonyl (C=O) groups is 1. The summed E-state index contributed by atoms with van der Waals surface area (Å²) in [6, 6.07) is 21.4. The molecule has 1 amide bonds. The van der Waals surface area contributed by atoms with Gasteiger partial charge < -0.3 is 4.90 Å². The quantitative estimate of drug-likeness (QED) is 0.261. The van der Waals surface area contributed by atoms with Gasteiger partial charge in [0.25, 0.3) is 5.56 Å². The molecule has 4 rings (SSSR count). The smallest absolute Gasteiger partial charge is 0.266 e. The van der Waals surface area contributed by atoms with Crippen LogP contribution in [0.2, 0.25) is 5.02 Å². The van der Waals surface area contributed by atoms with Crippen LogP contribution in [0.4, 0.5) is 10.1 Å². The number of nitriles is 1. The second-order valence-corrected chi connectivity index (χ2v) is 8.57. The summed E-state index contributed by atoms with van der Waals surface area (Å²) in [6.07, 6.45) is 0.117. The fraction of sp³-hybridized carbons (Fsp3) is 0.120. The lowest BCUT2D eigenvalue weighted by atomic mass is 10.2. The Morgan fingerprint density at radius 2 is 1.79 bits per heavy atom. The van der Waals surface area contributed by atoms with E-state index in [1.54, 1.807) is 48.5 Å². The third-order valence-corrected chi connectivity index (χ3v) is 6.29. The highest BCUT2D eigenvalue weighted by atomic mass is 35.5. The molecule has 1 aromatic heterocycles. The number of nitrogens with zero attached hydrogens (tertiary/aromatic N) is 4. The summed E-state index contributed by atoms with van der Waals surface area (Å²) in [6.45, 7) is 0.157. The highest BCUT2D eigenvalue weighted by Crippen LogP contribution is 2.26. The first-order valence-electron chi connectivity index (χ1n) is 10.3. The standard InChI is InChI=1S/C25H18ClFN4O2S/c26-20-7-2-4-9-22(20)31-24(33)19-6-1-3-8-21(19)29-25(31)34-16-23(32)30(15-5-14-28)18-12-10-17(27)11-13-18/h1-4,6-13H,5,15-16H2. The Hall–Kier alpha value is -3.67. The molecule has 0 fully saturated rings. The predicted molar refractivity (Wildman–Crippen MR) is 132 cm³/mol. The van der Waals surface area contributed by atoms with Crippen LogP contribution in [0.3, 0.4) is 0 Å². The molecule has 0 N–H and O–H groups in total. The van der Waals surface area contributed by atoms with Crippen LogP contribution in [0, 0.1) is 17.1 Å². The van der Waals surface area contributed by atoms with Crippen molar-refractivity contribution in [2.75, 3.05) is 17.2 Å². The number of halogens is 2. The first-order valence-corrected chi connectivity index (χ1v) is 11.7. The molecule has 4 aromatic rings. The summed E-state index contributed by atoms with van der Waals surface area (Å²) in [7, 11) is 0. The number of hydrogen-bond donors (Lipinski definition) is 0. The van der Waals surface area contributed by atoms with Crippen LogP contribution in [-0.4, -0.2) is 27.8 Å². The van der Waals surface area contributed by atoms with Gasteiger partial charge in [-0.1, -0.05) is 47.6 Å². The number of rotatable bonds is 7. The van der Waals surface area contributed by atoms with Crippen LogP contribution in [-0.2, 0) is 4.79 Å². The normalized spacial score (nSPS) is 10.7. The van der Waals surface area contributed by atoms with Crippen LogP contribution in [0.1, 0.15) is 6.42 Å². The summed E-state index contributed by atoms with van der Waals surface area (Å²) in [4.78, 5) is 32.5. The number of hydrogen-bond acceptors (Lipinski definition) is 5. The molecule has 3 aromatic carbocycles. The van der Waals surface area contributed by atoms with Crippen molar-refractivity contribution in [2.45, 2.75) is 11.6 Å². The van der Waals surface area contributed by atoms with E-state index in [1.165, 1.54) is 33.7 Å². The van der Waals surface area contributed by atoms with Crippen LogP contribution in [0.25, 0.3) is 16.6 Å². The summed E-state index contributed by atoms with van der Waals surface area (Å²) in [5.74, 6) is -0.784. The molecule has 0 saturated heterocycles. The fourth-order valence-corrected chi connectivity index (χ4v) is 4.54. The van der Waals surface area contributed by atoms with E-state index in [9.17, 15) is 14.0 Å². The molecular weight excluding hydrogens is 475 g/mol. The molecule has 170 valence electrons. The van der Waals surface area contributed by atoms with Gasteiger partial charge in [-0.3, -0.25) is 14.2 Å². The zero-order valence-corrected chi connectivity index (χ0v) is 19.4. The minimum absolute atomic E-state index is 0.0575. The van der Waals surface area contributed by atoms with Gasteiger partial charge in [-0.15, -0.1) is 0 Å². The van der Waals surface area contributed by atoms with Crippen molar-refractivity contribution in [1.29, 1.82) is 5.26 Å². The van der Waals surface area contributed by atoms with E-state index in [1.807, 2.05) is 6.07 Å². The molecule has 0 aliphatic rings. The summed E-state index contributed by atoms with van der Waals surface area (Å²) < 4.78 is 14.8. The minimum Gasteiger partial charge on any atom is -0.311 e. The molecule has 0 radical (unpaired) electrons. The second kappa shape index (κ2) is 10.5. The third kappa shape index (κ3) is 4.96. The number of thioether (sulfide) groups is 1. The Labute approximate surface area is 204 Å². The van der Waals surface area contributed by atoms with Gasteiger partial charge in [-0.25, -0.2) is 9.37 Å². The van der Waals surface area contributed by atoms with Crippen LogP contribution >= 0.6 is 23.4 Å². The Bertz CT molecular complexity index is 1450. The fourth-order valence-electron chi connectivity index (χ4n) is 3.44. The highest BCUT2D eigenvalue weighted by Gasteiger charge is 2.20. The first-order chi connectivity index (χ1) is 16.5. The Kier molecular flexibility index (Phi) is 7.26. The van der Waals surface area contributed by atoms with Gasteiger partial charge in [0.2, 0.25) is 5.91 Å². The Morgan fingerprint density at radius 3 is 2.53 bits per heavy atom. The molecule has 0 spiro atoms. The summed E-state index contributed by atoms with van der Waals surface area (Å²) >= 11 is 7.48. The molecule has 34 heavy (non-hydrogen) atoms. The number of fused-ring (bicyclic) bond motifs is 1. The summed E-state index contributed by atoms with van der Waals surface area (Å²) in [5, 5.41) is 10.1. The summed E-state index contributed by atoms with van der Waals surface area (Å²) in [5.41, 5.74) is 1.15. The lowest BCUT2D eigenvalue weighted by Gasteiger charge is -2.22. The number of para-hydroxylation sites is 2. The first kappa shape index (κ1) is 23.5. The van der Waals surface area contributed by atoms with Crippen LogP contribution < -0.4 is 10.5 Å². The Morgan fingerprint density at radius 1 is 1.09 bits per heavy atom. The van der Waals surface area contributed by atoms with E-state index in [0.29, 0.717) is 32.5 Å². The monoisotopic (exact) mass is 492 g/mol. The third-order valence-electron chi connectivity index (χ3n) is 5.05. The van der Waals surface area contributed by atoms with Gasteiger partial charge in [0.1, 0.15) is 5.82 Å². The van der Waals surface area contributed by atoms with Gasteiger partial charge in [0.05, 0.1) is 39.9 Å². The van der Waals surface area contributed by atoms with Crippen molar-refractivity contribution in [3.8, 4) is 11.8 Å². The maximum absolute atomic E-state index is 13.4. The molecular formula is C25H18ClFN4O2S. The van der Waals surface area contributed by atoms with Crippen molar-refractivity contribution < 1.29 is 9.18 Å². The highest BCUT2D eigenvalue weighted by molar-refractivity contribution is 7.99. The molecule has 9 heteroatoms. The average molecular weight is 493 g/mol. The van der Waals surface area contributed by atoms with Crippen molar-refractivity contribution in [3.63, 3.8) is 0 Å². The molecule has 0 saturated carbocycles. The lowest BCUT2D eigenvalue weighted by molar-refractivity contribution is -0.116. The van der Waals surface area contributed by atoms with E-state index in [-0.39, 0.29) is 30.2 Å². The minimum atomic E-state index is -0.421. The number of amides is 1. The maximum Gasteiger partial charge on any atom is 0.266 e. The molecule has 0 aliphatic carbocycles. The van der Waals surface area contributed by atoms with Gasteiger partial charge >= 0.3 is 0 Å². The topological polar surface area (TPSA) is 79.0 Å². The van der Waals surface area contributed by atoms with E-state index < -0.39 is 5.82 Å². The van der Waals surface area contributed by atoms with Crippen molar-refractivity contribution in [3.05, 3.63) is 94.0 Å². The molecule has 0 aliphatic heterocycles. The van der Waals surface area contributed by atoms with Crippen molar-refractivity contribution >= 4 is 45.9 Å². The van der Waals surface area contributed by atoms with Gasteiger partial charge in [-0.2, -0.15) is 5.26 Å². The van der Waals surface area contributed by atoms with Crippen molar-refractivity contribution in [1.82, 2.24) is 9.55 Å².